The van der Waals surface area contributed by atoms with Crippen molar-refractivity contribution in [2.75, 3.05) is 5.32 Å². The van der Waals surface area contributed by atoms with E-state index >= 15 is 0 Å². The Kier molecular flexibility index (Phi) is 1.78. The number of rotatable bonds is 3. The van der Waals surface area contributed by atoms with Gasteiger partial charge in [0.1, 0.15) is 6.33 Å². The summed E-state index contributed by atoms with van der Waals surface area (Å²) >= 11 is 0. The lowest BCUT2D eigenvalue weighted by Crippen LogP contribution is -2.25. The summed E-state index contributed by atoms with van der Waals surface area (Å²) in [7, 11) is 0. The van der Waals surface area contributed by atoms with Crippen LogP contribution in [0.15, 0.2) is 18.7 Å². The van der Waals surface area contributed by atoms with Crippen molar-refractivity contribution in [1.29, 1.82) is 0 Å². The van der Waals surface area contributed by atoms with Gasteiger partial charge in [0.25, 0.3) is 0 Å². The molecule has 2 fully saturated rings. The zero-order valence-corrected chi connectivity index (χ0v) is 8.44. The molecule has 1 amide bonds. The van der Waals surface area contributed by atoms with E-state index in [1.807, 2.05) is 0 Å². The lowest BCUT2D eigenvalue weighted by molar-refractivity contribution is -0.121. The van der Waals surface area contributed by atoms with E-state index in [0.29, 0.717) is 11.6 Å². The SMILES string of the molecule is O=C(Nc1cncnc1)C1(C2CC2)CC1. The molecule has 0 unspecified atom stereocenters. The second kappa shape index (κ2) is 3.02. The highest BCUT2D eigenvalue weighted by Gasteiger charge is 2.59. The number of hydrogen-bond donors (Lipinski definition) is 1. The molecule has 1 aromatic heterocycles. The third-order valence-corrected chi connectivity index (χ3v) is 3.42. The van der Waals surface area contributed by atoms with E-state index in [1.54, 1.807) is 12.4 Å². The molecule has 0 spiro atoms. The van der Waals surface area contributed by atoms with Crippen LogP contribution in [0.5, 0.6) is 0 Å². The van der Waals surface area contributed by atoms with Crippen molar-refractivity contribution in [3.05, 3.63) is 18.7 Å². The molecule has 2 aliphatic rings. The molecule has 0 atom stereocenters. The Morgan fingerprint density at radius 3 is 2.53 bits per heavy atom. The molecule has 0 radical (unpaired) electrons. The number of carbonyl (C=O) groups excluding carboxylic acids is 1. The van der Waals surface area contributed by atoms with Crippen molar-refractivity contribution >= 4 is 11.6 Å². The van der Waals surface area contributed by atoms with Gasteiger partial charge in [0.2, 0.25) is 5.91 Å². The van der Waals surface area contributed by atoms with Crippen LogP contribution in [0.25, 0.3) is 0 Å². The number of hydrogen-bond acceptors (Lipinski definition) is 3. The maximum absolute atomic E-state index is 12.0. The summed E-state index contributed by atoms with van der Waals surface area (Å²) in [5.41, 5.74) is 0.671. The number of carbonyl (C=O) groups is 1. The summed E-state index contributed by atoms with van der Waals surface area (Å²) in [6.45, 7) is 0. The summed E-state index contributed by atoms with van der Waals surface area (Å²) in [4.78, 5) is 19.8. The van der Waals surface area contributed by atoms with Gasteiger partial charge in [0.15, 0.2) is 0 Å². The predicted octanol–water partition coefficient (Wildman–Crippen LogP) is 1.61. The van der Waals surface area contributed by atoms with Crippen LogP contribution in [0.4, 0.5) is 5.69 Å². The maximum atomic E-state index is 12.0. The zero-order valence-electron chi connectivity index (χ0n) is 8.44. The molecule has 4 heteroatoms. The summed E-state index contributed by atoms with van der Waals surface area (Å²) in [5.74, 6) is 0.807. The van der Waals surface area contributed by atoms with Gasteiger partial charge in [-0.3, -0.25) is 4.79 Å². The first-order valence-electron chi connectivity index (χ1n) is 5.38. The first-order chi connectivity index (χ1) is 7.31. The van der Waals surface area contributed by atoms with Crippen LogP contribution < -0.4 is 5.32 Å². The Morgan fingerprint density at radius 1 is 1.33 bits per heavy atom. The molecule has 1 heterocycles. The monoisotopic (exact) mass is 203 g/mol. The number of aromatic nitrogens is 2. The summed E-state index contributed by atoms with van der Waals surface area (Å²) in [6.07, 6.45) is 9.27. The number of nitrogens with one attached hydrogen (secondary N) is 1. The van der Waals surface area contributed by atoms with Crippen molar-refractivity contribution in [3.8, 4) is 0 Å². The molecule has 1 aromatic rings. The molecule has 0 aliphatic heterocycles. The van der Waals surface area contributed by atoms with Gasteiger partial charge in [-0.2, -0.15) is 0 Å². The number of nitrogens with zero attached hydrogens (tertiary/aromatic N) is 2. The summed E-state index contributed by atoms with van der Waals surface area (Å²) in [6, 6.07) is 0. The van der Waals surface area contributed by atoms with Gasteiger partial charge in [-0.25, -0.2) is 9.97 Å². The summed E-state index contributed by atoms with van der Waals surface area (Å²) in [5, 5.41) is 2.90. The van der Waals surface area contributed by atoms with E-state index < -0.39 is 0 Å². The largest absolute Gasteiger partial charge is 0.323 e. The van der Waals surface area contributed by atoms with Crippen molar-refractivity contribution in [2.24, 2.45) is 11.3 Å². The molecule has 78 valence electrons. The van der Waals surface area contributed by atoms with Gasteiger partial charge in [-0.15, -0.1) is 0 Å². The van der Waals surface area contributed by atoms with E-state index in [4.69, 9.17) is 0 Å². The molecule has 2 saturated carbocycles. The molecule has 0 bridgehead atoms. The Bertz CT molecular complexity index is 382. The van der Waals surface area contributed by atoms with Gasteiger partial charge in [-0.1, -0.05) is 0 Å². The smallest absolute Gasteiger partial charge is 0.230 e. The van der Waals surface area contributed by atoms with Crippen molar-refractivity contribution in [2.45, 2.75) is 25.7 Å². The number of amides is 1. The average molecular weight is 203 g/mol. The molecule has 4 nitrogen and oxygen atoms in total. The van der Waals surface area contributed by atoms with Crippen LogP contribution >= 0.6 is 0 Å². The highest BCUT2D eigenvalue weighted by Crippen LogP contribution is 2.61. The van der Waals surface area contributed by atoms with Crippen LogP contribution in [0.2, 0.25) is 0 Å². The fourth-order valence-electron chi connectivity index (χ4n) is 2.21. The third-order valence-electron chi connectivity index (χ3n) is 3.42. The van der Waals surface area contributed by atoms with Gasteiger partial charge in [0, 0.05) is 0 Å². The minimum atomic E-state index is -0.0319. The minimum absolute atomic E-state index is 0.0319. The van der Waals surface area contributed by atoms with E-state index in [0.717, 1.165) is 12.8 Å². The molecule has 0 saturated heterocycles. The molecule has 1 N–H and O–H groups in total. The zero-order chi connectivity index (χ0) is 10.3. The Labute approximate surface area is 88.1 Å². The van der Waals surface area contributed by atoms with Crippen molar-refractivity contribution in [1.82, 2.24) is 9.97 Å². The fraction of sp³-hybridized carbons (Fsp3) is 0.545. The normalized spacial score (nSPS) is 22.1. The standard InChI is InChI=1S/C11H13N3O/c15-10(11(3-4-11)8-1-2-8)14-9-5-12-7-13-6-9/h5-8H,1-4H2,(H,14,15). The quantitative estimate of drug-likeness (QED) is 0.811. The minimum Gasteiger partial charge on any atom is -0.323 e. The van der Waals surface area contributed by atoms with E-state index in [1.165, 1.54) is 19.2 Å². The summed E-state index contributed by atoms with van der Waals surface area (Å²) < 4.78 is 0. The third kappa shape index (κ3) is 1.50. The second-order valence-corrected chi connectivity index (χ2v) is 4.51. The Hall–Kier alpha value is -1.45. The highest BCUT2D eigenvalue weighted by atomic mass is 16.2. The topological polar surface area (TPSA) is 54.9 Å². The first kappa shape index (κ1) is 8.83. The highest BCUT2D eigenvalue weighted by molar-refractivity contribution is 5.97. The molecular weight excluding hydrogens is 190 g/mol. The van der Waals surface area contributed by atoms with Crippen LogP contribution in [0, 0.1) is 11.3 Å². The van der Waals surface area contributed by atoms with Crippen LogP contribution in [0.1, 0.15) is 25.7 Å². The van der Waals surface area contributed by atoms with Crippen LogP contribution in [-0.2, 0) is 4.79 Å². The van der Waals surface area contributed by atoms with E-state index in [2.05, 4.69) is 15.3 Å². The van der Waals surface area contributed by atoms with Crippen molar-refractivity contribution in [3.63, 3.8) is 0 Å². The Balaban J connectivity index is 1.71. The van der Waals surface area contributed by atoms with Gasteiger partial charge >= 0.3 is 0 Å². The van der Waals surface area contributed by atoms with Gasteiger partial charge in [0.05, 0.1) is 23.5 Å². The van der Waals surface area contributed by atoms with Crippen molar-refractivity contribution < 1.29 is 4.79 Å². The van der Waals surface area contributed by atoms with Gasteiger partial charge in [-0.05, 0) is 31.6 Å². The predicted molar refractivity (Wildman–Crippen MR) is 55.1 cm³/mol. The first-order valence-corrected chi connectivity index (χ1v) is 5.38. The average Bonchev–Trinajstić information content (AvgIpc) is 3.11. The maximum Gasteiger partial charge on any atom is 0.230 e. The molecule has 2 aliphatic carbocycles. The van der Waals surface area contributed by atoms with E-state index in [9.17, 15) is 4.79 Å². The van der Waals surface area contributed by atoms with E-state index in [-0.39, 0.29) is 11.3 Å². The number of anilines is 1. The second-order valence-electron chi connectivity index (χ2n) is 4.51. The molecular formula is C11H13N3O. The van der Waals surface area contributed by atoms with Gasteiger partial charge < -0.3 is 5.32 Å². The molecule has 15 heavy (non-hydrogen) atoms. The molecule has 0 aromatic carbocycles. The lowest BCUT2D eigenvalue weighted by atomic mass is 10.00. The van der Waals surface area contributed by atoms with Crippen LogP contribution in [0.3, 0.4) is 0 Å². The van der Waals surface area contributed by atoms with Crippen LogP contribution in [-0.4, -0.2) is 15.9 Å². The Morgan fingerprint density at radius 2 is 2.00 bits per heavy atom. The molecule has 3 rings (SSSR count). The lowest BCUT2D eigenvalue weighted by Gasteiger charge is -2.13. The fourth-order valence-corrected chi connectivity index (χ4v) is 2.21.